The number of benzene rings is 1. The number of hydrogen-bond acceptors (Lipinski definition) is 4. The minimum Gasteiger partial charge on any atom is -0.467 e. The van der Waals surface area contributed by atoms with Gasteiger partial charge in [-0.1, -0.05) is 18.2 Å². The molecule has 1 aliphatic heterocycles. The highest BCUT2D eigenvalue weighted by atomic mass is 16.3. The molecule has 0 spiro atoms. The number of amides is 2. The summed E-state index contributed by atoms with van der Waals surface area (Å²) in [6.07, 6.45) is 1.56. The van der Waals surface area contributed by atoms with Gasteiger partial charge in [0.1, 0.15) is 11.2 Å². The quantitative estimate of drug-likeness (QED) is 0.836. The number of rotatable bonds is 5. The van der Waals surface area contributed by atoms with Crippen LogP contribution < -0.4 is 10.2 Å². The number of carbonyl (C=O) groups excluding carboxylic acids is 2. The molecule has 2 heterocycles. The van der Waals surface area contributed by atoms with Crippen LogP contribution in [0.3, 0.4) is 0 Å². The maximum Gasteiger partial charge on any atom is 0.237 e. The molecule has 0 saturated carbocycles. The van der Waals surface area contributed by atoms with Crippen molar-refractivity contribution in [3.63, 3.8) is 0 Å². The van der Waals surface area contributed by atoms with Crippen molar-refractivity contribution < 1.29 is 14.0 Å². The van der Waals surface area contributed by atoms with Crippen LogP contribution in [0.1, 0.15) is 19.6 Å². The number of piperazine rings is 1. The number of nitrogens with zero attached hydrogens (tertiary/aromatic N) is 2. The molecule has 1 aromatic heterocycles. The summed E-state index contributed by atoms with van der Waals surface area (Å²) in [5.74, 6) is 0.240. The van der Waals surface area contributed by atoms with E-state index >= 15 is 0 Å². The van der Waals surface area contributed by atoms with E-state index in [0.717, 1.165) is 18.8 Å². The number of anilines is 1. The number of furan rings is 1. The van der Waals surface area contributed by atoms with E-state index in [-0.39, 0.29) is 18.4 Å². The molecule has 1 saturated heterocycles. The Labute approximate surface area is 153 Å². The Morgan fingerprint density at radius 2 is 1.73 bits per heavy atom. The fraction of sp³-hybridized carbons (Fsp3) is 0.400. The molecule has 2 aromatic rings. The van der Waals surface area contributed by atoms with Crippen molar-refractivity contribution in [1.82, 2.24) is 10.2 Å². The number of carbonyl (C=O) groups is 2. The molecule has 6 nitrogen and oxygen atoms in total. The van der Waals surface area contributed by atoms with Crippen LogP contribution in [0, 0.1) is 5.41 Å². The molecular formula is C20H25N3O3. The van der Waals surface area contributed by atoms with Crippen molar-refractivity contribution in [2.75, 3.05) is 31.1 Å². The number of para-hydroxylation sites is 1. The van der Waals surface area contributed by atoms with Gasteiger partial charge in [0, 0.05) is 31.9 Å². The van der Waals surface area contributed by atoms with Crippen molar-refractivity contribution in [2.24, 2.45) is 5.41 Å². The second-order valence-electron chi connectivity index (χ2n) is 7.00. The second-order valence-corrected chi connectivity index (χ2v) is 7.00. The predicted octanol–water partition coefficient (Wildman–Crippen LogP) is 2.27. The van der Waals surface area contributed by atoms with Gasteiger partial charge in [0.25, 0.3) is 0 Å². The molecule has 0 atom stereocenters. The Hall–Kier alpha value is -2.76. The third-order valence-corrected chi connectivity index (χ3v) is 4.79. The highest BCUT2D eigenvalue weighted by Crippen LogP contribution is 2.22. The Morgan fingerprint density at radius 3 is 2.35 bits per heavy atom. The predicted molar refractivity (Wildman–Crippen MR) is 99.6 cm³/mol. The van der Waals surface area contributed by atoms with Gasteiger partial charge in [0.15, 0.2) is 0 Å². The lowest BCUT2D eigenvalue weighted by atomic mass is 9.90. The van der Waals surface area contributed by atoms with E-state index in [1.165, 1.54) is 0 Å². The van der Waals surface area contributed by atoms with Gasteiger partial charge in [-0.25, -0.2) is 0 Å². The highest BCUT2D eigenvalue weighted by Gasteiger charge is 2.40. The molecular weight excluding hydrogens is 330 g/mol. The van der Waals surface area contributed by atoms with Gasteiger partial charge in [-0.15, -0.1) is 0 Å². The molecule has 6 heteroatoms. The molecule has 138 valence electrons. The molecule has 1 fully saturated rings. The third kappa shape index (κ3) is 3.90. The van der Waals surface area contributed by atoms with Crippen LogP contribution in [-0.2, 0) is 16.1 Å². The van der Waals surface area contributed by atoms with Gasteiger partial charge in [-0.2, -0.15) is 0 Å². The maximum atomic E-state index is 12.9. The lowest BCUT2D eigenvalue weighted by Gasteiger charge is -2.39. The molecule has 1 aromatic carbocycles. The monoisotopic (exact) mass is 355 g/mol. The molecule has 1 N–H and O–H groups in total. The largest absolute Gasteiger partial charge is 0.467 e. The summed E-state index contributed by atoms with van der Waals surface area (Å²) < 4.78 is 5.21. The molecule has 2 amide bonds. The first-order valence-corrected chi connectivity index (χ1v) is 8.88. The van der Waals surface area contributed by atoms with Gasteiger partial charge >= 0.3 is 0 Å². The van der Waals surface area contributed by atoms with Gasteiger partial charge < -0.3 is 19.5 Å². The van der Waals surface area contributed by atoms with E-state index in [0.29, 0.717) is 18.8 Å². The van der Waals surface area contributed by atoms with Crippen molar-refractivity contribution in [2.45, 2.75) is 20.4 Å². The third-order valence-electron chi connectivity index (χ3n) is 4.79. The van der Waals surface area contributed by atoms with E-state index in [4.69, 9.17) is 4.42 Å². The maximum absolute atomic E-state index is 12.9. The van der Waals surface area contributed by atoms with Crippen molar-refractivity contribution >= 4 is 17.5 Å². The molecule has 0 aliphatic carbocycles. The van der Waals surface area contributed by atoms with Gasteiger partial charge in [-0.05, 0) is 38.1 Å². The Bertz CT molecular complexity index is 733. The first-order chi connectivity index (χ1) is 12.5. The second kappa shape index (κ2) is 7.64. The molecule has 1 aliphatic rings. The van der Waals surface area contributed by atoms with Crippen LogP contribution in [0.4, 0.5) is 5.69 Å². The average Bonchev–Trinajstić information content (AvgIpc) is 3.20. The summed E-state index contributed by atoms with van der Waals surface area (Å²) in [6, 6.07) is 13.7. The van der Waals surface area contributed by atoms with Crippen LogP contribution in [0.25, 0.3) is 0 Å². The first-order valence-electron chi connectivity index (χ1n) is 8.88. The summed E-state index contributed by atoms with van der Waals surface area (Å²) in [5, 5.41) is 2.79. The van der Waals surface area contributed by atoms with E-state index in [9.17, 15) is 9.59 Å². The summed E-state index contributed by atoms with van der Waals surface area (Å²) in [4.78, 5) is 29.4. The molecule has 0 unspecified atom stereocenters. The smallest absolute Gasteiger partial charge is 0.237 e. The Kier molecular flexibility index (Phi) is 5.30. The first kappa shape index (κ1) is 18.0. The van der Waals surface area contributed by atoms with Gasteiger partial charge in [0.05, 0.1) is 12.8 Å². The average molecular weight is 355 g/mol. The normalized spacial score (nSPS) is 15.0. The Balaban J connectivity index is 1.55. The van der Waals surface area contributed by atoms with Crippen LogP contribution in [-0.4, -0.2) is 42.9 Å². The summed E-state index contributed by atoms with van der Waals surface area (Å²) in [7, 11) is 0. The molecule has 0 bridgehead atoms. The van der Waals surface area contributed by atoms with Crippen molar-refractivity contribution in [3.8, 4) is 0 Å². The molecule has 0 radical (unpaired) electrons. The summed E-state index contributed by atoms with van der Waals surface area (Å²) >= 11 is 0. The zero-order chi connectivity index (χ0) is 18.6. The zero-order valence-electron chi connectivity index (χ0n) is 15.3. The number of nitrogens with one attached hydrogen (secondary N) is 1. The van der Waals surface area contributed by atoms with E-state index in [1.807, 2.05) is 18.2 Å². The fourth-order valence-corrected chi connectivity index (χ4v) is 3.10. The van der Waals surface area contributed by atoms with Crippen molar-refractivity contribution in [1.29, 1.82) is 0 Å². The van der Waals surface area contributed by atoms with Crippen molar-refractivity contribution in [3.05, 3.63) is 54.5 Å². The standard InChI is InChI=1S/C20H25N3O3/c1-20(2,18(24)21-15-17-9-6-14-26-17)19(25)23-12-10-22(11-13-23)16-7-4-3-5-8-16/h3-9,14H,10-13,15H2,1-2H3,(H,21,24). The van der Waals surface area contributed by atoms with Gasteiger partial charge in [0.2, 0.25) is 11.8 Å². The number of hydrogen-bond donors (Lipinski definition) is 1. The Morgan fingerprint density at radius 1 is 1.04 bits per heavy atom. The van der Waals surface area contributed by atoms with Crippen LogP contribution in [0.2, 0.25) is 0 Å². The van der Waals surface area contributed by atoms with E-state index < -0.39 is 5.41 Å². The SMILES string of the molecule is CC(C)(C(=O)NCc1ccco1)C(=O)N1CCN(c2ccccc2)CC1. The van der Waals surface area contributed by atoms with Crippen LogP contribution >= 0.6 is 0 Å². The van der Waals surface area contributed by atoms with Crippen LogP contribution in [0.15, 0.2) is 53.1 Å². The van der Waals surface area contributed by atoms with Gasteiger partial charge in [-0.3, -0.25) is 9.59 Å². The molecule has 3 rings (SSSR count). The van der Waals surface area contributed by atoms with E-state index in [1.54, 1.807) is 37.1 Å². The zero-order valence-corrected chi connectivity index (χ0v) is 15.3. The van der Waals surface area contributed by atoms with Crippen LogP contribution in [0.5, 0.6) is 0 Å². The lowest BCUT2D eigenvalue weighted by Crippen LogP contribution is -2.55. The fourth-order valence-electron chi connectivity index (χ4n) is 3.10. The van der Waals surface area contributed by atoms with E-state index in [2.05, 4.69) is 22.3 Å². The topological polar surface area (TPSA) is 65.8 Å². The lowest BCUT2D eigenvalue weighted by molar-refractivity contribution is -0.148. The summed E-state index contributed by atoms with van der Waals surface area (Å²) in [6.45, 7) is 6.39. The minimum atomic E-state index is -1.11. The summed E-state index contributed by atoms with van der Waals surface area (Å²) in [5.41, 5.74) is 0.0525. The highest BCUT2D eigenvalue weighted by molar-refractivity contribution is 6.04. The minimum absolute atomic E-state index is 0.137. The molecule has 26 heavy (non-hydrogen) atoms.